The number of ether oxygens (including phenoxy) is 1. The molecular weight excluding hydrogens is 325 g/mol. The third-order valence-corrected chi connectivity index (χ3v) is 3.73. The van der Waals surface area contributed by atoms with Crippen molar-refractivity contribution in [1.82, 2.24) is 0 Å². The van der Waals surface area contributed by atoms with Gasteiger partial charge in [0.1, 0.15) is 0 Å². The molecule has 0 atom stereocenters. The molecule has 1 rings (SSSR count). The molecule has 0 saturated carbocycles. The second kappa shape index (κ2) is 5.97. The van der Waals surface area contributed by atoms with Crippen molar-refractivity contribution in [3.63, 3.8) is 0 Å². The van der Waals surface area contributed by atoms with Gasteiger partial charge in [0, 0.05) is 10.7 Å². The first-order chi connectivity index (χ1) is 8.25. The first-order valence-electron chi connectivity index (χ1n) is 4.63. The van der Waals surface area contributed by atoms with Crippen molar-refractivity contribution in [2.24, 2.45) is 0 Å². The third kappa shape index (κ3) is 3.91. The van der Waals surface area contributed by atoms with Crippen LogP contribution in [-0.4, -0.2) is 21.1 Å². The first kappa shape index (κ1) is 15.4. The lowest BCUT2D eigenvalue weighted by Gasteiger charge is -2.10. The second-order valence-corrected chi connectivity index (χ2v) is 6.43. The smallest absolute Gasteiger partial charge is 0.411 e. The van der Waals surface area contributed by atoms with E-state index in [4.69, 9.17) is 33.9 Å². The average Bonchev–Trinajstić information content (AvgIpc) is 2.22. The quantitative estimate of drug-likeness (QED) is 0.860. The molecule has 0 saturated heterocycles. The van der Waals surface area contributed by atoms with E-state index in [1.807, 2.05) is 0 Å². The van der Waals surface area contributed by atoms with Crippen LogP contribution in [0.25, 0.3) is 0 Å². The molecule has 1 N–H and O–H groups in total. The van der Waals surface area contributed by atoms with E-state index in [2.05, 4.69) is 10.1 Å². The van der Waals surface area contributed by atoms with Crippen LogP contribution < -0.4 is 5.32 Å². The Balaban J connectivity index is 3.13. The topological polar surface area (TPSA) is 72.5 Å². The van der Waals surface area contributed by atoms with E-state index in [1.54, 1.807) is 6.92 Å². The average molecular weight is 333 g/mol. The molecule has 0 unspecified atom stereocenters. The highest BCUT2D eigenvalue weighted by Gasteiger charge is 2.17. The van der Waals surface area contributed by atoms with E-state index < -0.39 is 15.1 Å². The molecule has 0 spiro atoms. The Morgan fingerprint density at radius 1 is 1.33 bits per heavy atom. The minimum atomic E-state index is -3.94. The van der Waals surface area contributed by atoms with Gasteiger partial charge in [0.25, 0.3) is 9.05 Å². The zero-order chi connectivity index (χ0) is 13.9. The molecule has 1 aromatic carbocycles. The Kier molecular flexibility index (Phi) is 5.10. The highest BCUT2D eigenvalue weighted by molar-refractivity contribution is 8.13. The van der Waals surface area contributed by atoms with Crippen LogP contribution in [0.5, 0.6) is 0 Å². The fourth-order valence-electron chi connectivity index (χ4n) is 1.08. The van der Waals surface area contributed by atoms with Gasteiger partial charge in [-0.2, -0.15) is 0 Å². The molecule has 0 radical (unpaired) electrons. The maximum absolute atomic E-state index is 11.2. The number of rotatable bonds is 3. The summed E-state index contributed by atoms with van der Waals surface area (Å²) < 4.78 is 26.9. The minimum Gasteiger partial charge on any atom is -0.450 e. The Bertz CT molecular complexity index is 550. The first-order valence-corrected chi connectivity index (χ1v) is 7.69. The summed E-state index contributed by atoms with van der Waals surface area (Å²) in [4.78, 5) is 10.9. The number of carbonyl (C=O) groups is 1. The van der Waals surface area contributed by atoms with Gasteiger partial charge in [-0.1, -0.05) is 23.2 Å². The summed E-state index contributed by atoms with van der Waals surface area (Å²) in [5.41, 5.74) is 0.0563. The Morgan fingerprint density at radius 2 is 1.83 bits per heavy atom. The summed E-state index contributed by atoms with van der Waals surface area (Å²) in [6.07, 6.45) is -0.747. The summed E-state index contributed by atoms with van der Waals surface area (Å²) in [7, 11) is 1.21. The van der Waals surface area contributed by atoms with Crippen LogP contribution in [-0.2, 0) is 13.8 Å². The van der Waals surface area contributed by atoms with Gasteiger partial charge < -0.3 is 4.74 Å². The van der Waals surface area contributed by atoms with Crippen LogP contribution in [0.3, 0.4) is 0 Å². The van der Waals surface area contributed by atoms with Crippen molar-refractivity contribution in [1.29, 1.82) is 0 Å². The summed E-state index contributed by atoms with van der Waals surface area (Å²) in [5.74, 6) is 0. The van der Waals surface area contributed by atoms with Crippen molar-refractivity contribution in [3.05, 3.63) is 22.2 Å². The van der Waals surface area contributed by atoms with Crippen LogP contribution >= 0.6 is 33.9 Å². The number of halogens is 3. The number of benzene rings is 1. The molecule has 5 nitrogen and oxygen atoms in total. The van der Waals surface area contributed by atoms with Crippen molar-refractivity contribution >= 4 is 54.7 Å². The largest absolute Gasteiger partial charge is 0.450 e. The molecule has 0 aliphatic rings. The molecule has 0 fully saturated rings. The lowest BCUT2D eigenvalue weighted by Crippen LogP contribution is -2.14. The predicted molar refractivity (Wildman–Crippen MR) is 70.1 cm³/mol. The predicted octanol–water partition coefficient (Wildman–Crippen LogP) is 3.49. The summed E-state index contributed by atoms with van der Waals surface area (Å²) in [6.45, 7) is 1.81. The third-order valence-electron chi connectivity index (χ3n) is 1.80. The van der Waals surface area contributed by atoms with E-state index in [0.29, 0.717) is 0 Å². The lowest BCUT2D eigenvalue weighted by molar-refractivity contribution is 0.168. The van der Waals surface area contributed by atoms with Crippen LogP contribution in [0.1, 0.15) is 6.92 Å². The van der Waals surface area contributed by atoms with Gasteiger partial charge in [0.2, 0.25) is 0 Å². The molecule has 0 heterocycles. The highest BCUT2D eigenvalue weighted by atomic mass is 35.7. The van der Waals surface area contributed by atoms with E-state index in [9.17, 15) is 13.2 Å². The van der Waals surface area contributed by atoms with E-state index in [-0.39, 0.29) is 27.2 Å². The monoisotopic (exact) mass is 331 g/mol. The summed E-state index contributed by atoms with van der Waals surface area (Å²) >= 11 is 11.6. The number of carbonyl (C=O) groups excluding carboxylic acids is 1. The zero-order valence-corrected chi connectivity index (χ0v) is 12.1. The highest BCUT2D eigenvalue weighted by Crippen LogP contribution is 2.34. The molecular formula is C9H8Cl3NO4S. The van der Waals surface area contributed by atoms with Crippen molar-refractivity contribution < 1.29 is 17.9 Å². The van der Waals surface area contributed by atoms with Gasteiger partial charge in [-0.15, -0.1) is 0 Å². The molecule has 18 heavy (non-hydrogen) atoms. The molecule has 0 aliphatic heterocycles. The summed E-state index contributed by atoms with van der Waals surface area (Å²) in [6, 6.07) is 2.16. The Hall–Kier alpha value is -0.690. The van der Waals surface area contributed by atoms with Crippen molar-refractivity contribution in [3.8, 4) is 0 Å². The van der Waals surface area contributed by atoms with Crippen LogP contribution in [0.4, 0.5) is 10.5 Å². The number of hydrogen-bond acceptors (Lipinski definition) is 4. The van der Waals surface area contributed by atoms with E-state index in [0.717, 1.165) is 12.1 Å². The van der Waals surface area contributed by atoms with E-state index >= 15 is 0 Å². The normalized spacial score (nSPS) is 11.1. The van der Waals surface area contributed by atoms with Crippen molar-refractivity contribution in [2.75, 3.05) is 11.9 Å². The van der Waals surface area contributed by atoms with Gasteiger partial charge >= 0.3 is 6.09 Å². The number of hydrogen-bond donors (Lipinski definition) is 1. The standard InChI is InChI=1S/C9H8Cl3NO4S/c1-2-17-9(14)13-8-6(10)3-5(4-7(8)11)18(12,15)16/h3-4H,2H2,1H3,(H,13,14). The van der Waals surface area contributed by atoms with E-state index in [1.165, 1.54) is 0 Å². The molecule has 0 bridgehead atoms. The Labute approximate surface area is 118 Å². The van der Waals surface area contributed by atoms with Crippen LogP contribution in [0.2, 0.25) is 10.0 Å². The molecule has 9 heteroatoms. The van der Waals surface area contributed by atoms with Gasteiger partial charge in [0.15, 0.2) is 0 Å². The molecule has 0 aromatic heterocycles. The maximum Gasteiger partial charge on any atom is 0.411 e. The second-order valence-electron chi connectivity index (χ2n) is 3.05. The van der Waals surface area contributed by atoms with Crippen molar-refractivity contribution in [2.45, 2.75) is 11.8 Å². The minimum absolute atomic E-state index is 0.0563. The molecule has 0 aliphatic carbocycles. The van der Waals surface area contributed by atoms with Gasteiger partial charge in [-0.25, -0.2) is 13.2 Å². The Morgan fingerprint density at radius 3 is 2.22 bits per heavy atom. The number of anilines is 1. The summed E-state index contributed by atoms with van der Waals surface area (Å²) in [5, 5.41) is 2.17. The molecule has 1 amide bonds. The SMILES string of the molecule is CCOC(=O)Nc1c(Cl)cc(S(=O)(=O)Cl)cc1Cl. The van der Waals surface area contributed by atoms with Gasteiger partial charge in [-0.05, 0) is 19.1 Å². The fourth-order valence-corrected chi connectivity index (χ4v) is 2.57. The van der Waals surface area contributed by atoms with Crippen LogP contribution in [0, 0.1) is 0 Å². The van der Waals surface area contributed by atoms with Gasteiger partial charge in [0.05, 0.1) is 27.2 Å². The zero-order valence-electron chi connectivity index (χ0n) is 9.04. The molecule has 1 aromatic rings. The molecule has 100 valence electrons. The number of nitrogens with one attached hydrogen (secondary N) is 1. The van der Waals surface area contributed by atoms with Crippen LogP contribution in [0.15, 0.2) is 17.0 Å². The fraction of sp³-hybridized carbons (Fsp3) is 0.222. The lowest BCUT2D eigenvalue weighted by atomic mass is 10.3. The maximum atomic E-state index is 11.2. The van der Waals surface area contributed by atoms with Gasteiger partial charge in [-0.3, -0.25) is 5.32 Å². The number of amides is 1.